The molecule has 1 aliphatic rings. The van der Waals surface area contributed by atoms with Crippen LogP contribution in [0.15, 0.2) is 127 Å². The van der Waals surface area contributed by atoms with Crippen LogP contribution in [-0.2, 0) is 50.1 Å². The van der Waals surface area contributed by atoms with Gasteiger partial charge in [-0.05, 0) is 22.3 Å². The molecule has 0 aromatic heterocycles. The van der Waals surface area contributed by atoms with Crippen LogP contribution in [0, 0.1) is 0 Å². The van der Waals surface area contributed by atoms with Crippen LogP contribution < -0.4 is 14.2 Å². The molecule has 1 saturated heterocycles. The van der Waals surface area contributed by atoms with Crippen molar-refractivity contribution in [3.05, 3.63) is 155 Å². The number of ether oxygens (including phenoxy) is 8. The summed E-state index contributed by atoms with van der Waals surface area (Å²) in [6.07, 6.45) is -3.72. The number of hydrogen-bond donors (Lipinski definition) is 1. The molecule has 9 heteroatoms. The Morgan fingerprint density at radius 3 is 1.42 bits per heavy atom. The van der Waals surface area contributed by atoms with E-state index in [0.717, 1.165) is 22.3 Å². The second kappa shape index (κ2) is 18.5. The van der Waals surface area contributed by atoms with Gasteiger partial charge in [-0.25, -0.2) is 0 Å². The van der Waals surface area contributed by atoms with Crippen LogP contribution >= 0.6 is 0 Å². The molecule has 272 valence electrons. The predicted octanol–water partition coefficient (Wildman–Crippen LogP) is 7.83. The number of hydrogen-bond acceptors (Lipinski definition) is 9. The largest absolute Gasteiger partial charge is 0.507 e. The summed E-state index contributed by atoms with van der Waals surface area (Å²) in [6.45, 7) is 1.36. The van der Waals surface area contributed by atoms with Crippen LogP contribution in [0.3, 0.4) is 0 Å². The Morgan fingerprint density at radius 1 is 0.519 bits per heavy atom. The quantitative estimate of drug-likeness (QED) is 0.104. The molecule has 5 atom stereocenters. The summed E-state index contributed by atoms with van der Waals surface area (Å²) in [6, 6.07) is 41.2. The first kappa shape index (κ1) is 36.9. The highest BCUT2D eigenvalue weighted by Crippen LogP contribution is 2.51. The molecule has 0 radical (unpaired) electrons. The lowest BCUT2D eigenvalue weighted by molar-refractivity contribution is -0.275. The second-order valence-corrected chi connectivity index (χ2v) is 12.5. The molecular weight excluding hydrogens is 660 g/mol. The zero-order valence-electron chi connectivity index (χ0n) is 29.8. The summed E-state index contributed by atoms with van der Waals surface area (Å²) in [7, 11) is 4.53. The van der Waals surface area contributed by atoms with E-state index in [2.05, 4.69) is 0 Å². The summed E-state index contributed by atoms with van der Waals surface area (Å²) in [5.74, 6) is 0.764. The number of phenols is 1. The molecule has 0 spiro atoms. The van der Waals surface area contributed by atoms with E-state index in [0.29, 0.717) is 30.3 Å². The van der Waals surface area contributed by atoms with Gasteiger partial charge in [0.15, 0.2) is 11.5 Å². The standard InChI is InChI=1S/C43H46O9/c1-45-35-24-34(44)37(40(47-3)38(35)46-2)41-43(51-28-33-22-14-7-15-23-33)42(50-27-32-20-12-6-13-21-32)39(49-26-31-18-10-5-11-19-31)36(52-41)29-48-25-30-16-8-4-9-17-30/h4-24,36,39,41-44H,25-29H2,1-3H3/t36-,39-,41+,42+,43+/m1/s1. The van der Waals surface area contributed by atoms with Crippen molar-refractivity contribution in [3.8, 4) is 23.0 Å². The van der Waals surface area contributed by atoms with Crippen molar-refractivity contribution in [2.45, 2.75) is 56.9 Å². The number of benzene rings is 5. The molecule has 1 aliphatic heterocycles. The van der Waals surface area contributed by atoms with Gasteiger partial charge in [-0.2, -0.15) is 0 Å². The lowest BCUT2D eigenvalue weighted by Crippen LogP contribution is -2.58. The number of phenolic OH excluding ortho intramolecular Hbond substituents is 1. The fraction of sp³-hybridized carbons (Fsp3) is 0.302. The van der Waals surface area contributed by atoms with Crippen LogP contribution in [0.2, 0.25) is 0 Å². The smallest absolute Gasteiger partial charge is 0.203 e. The third kappa shape index (κ3) is 9.11. The van der Waals surface area contributed by atoms with Gasteiger partial charge in [0.05, 0.1) is 59.9 Å². The molecule has 52 heavy (non-hydrogen) atoms. The van der Waals surface area contributed by atoms with Gasteiger partial charge in [-0.1, -0.05) is 121 Å². The molecule has 9 nitrogen and oxygen atoms in total. The van der Waals surface area contributed by atoms with E-state index in [4.69, 9.17) is 37.9 Å². The molecule has 0 bridgehead atoms. The van der Waals surface area contributed by atoms with E-state index >= 15 is 0 Å². The zero-order chi connectivity index (χ0) is 36.1. The number of rotatable bonds is 17. The van der Waals surface area contributed by atoms with Crippen molar-refractivity contribution >= 4 is 0 Å². The van der Waals surface area contributed by atoms with Gasteiger partial charge in [0.25, 0.3) is 0 Å². The van der Waals surface area contributed by atoms with Crippen molar-refractivity contribution < 1.29 is 43.0 Å². The van der Waals surface area contributed by atoms with Gasteiger partial charge in [0, 0.05) is 6.07 Å². The maximum atomic E-state index is 11.7. The Bertz CT molecular complexity index is 1790. The fourth-order valence-corrected chi connectivity index (χ4v) is 6.46. The summed E-state index contributed by atoms with van der Waals surface area (Å²) in [5.41, 5.74) is 4.30. The zero-order valence-corrected chi connectivity index (χ0v) is 29.8. The Hall–Kier alpha value is -4.90. The summed E-state index contributed by atoms with van der Waals surface area (Å²) >= 11 is 0. The van der Waals surface area contributed by atoms with E-state index in [1.54, 1.807) is 0 Å². The molecule has 0 saturated carbocycles. The van der Waals surface area contributed by atoms with E-state index in [-0.39, 0.29) is 31.3 Å². The third-order valence-corrected chi connectivity index (χ3v) is 9.01. The molecule has 5 aromatic carbocycles. The average molecular weight is 707 g/mol. The van der Waals surface area contributed by atoms with E-state index < -0.39 is 30.5 Å². The predicted molar refractivity (Wildman–Crippen MR) is 197 cm³/mol. The maximum Gasteiger partial charge on any atom is 0.203 e. The van der Waals surface area contributed by atoms with Crippen LogP contribution in [0.4, 0.5) is 0 Å². The first-order valence-corrected chi connectivity index (χ1v) is 17.3. The average Bonchev–Trinajstić information content (AvgIpc) is 3.20. The molecule has 6 rings (SSSR count). The van der Waals surface area contributed by atoms with Crippen molar-refractivity contribution in [3.63, 3.8) is 0 Å². The molecular formula is C43H46O9. The van der Waals surface area contributed by atoms with Gasteiger partial charge in [-0.15, -0.1) is 0 Å². The van der Waals surface area contributed by atoms with Crippen molar-refractivity contribution in [1.29, 1.82) is 0 Å². The van der Waals surface area contributed by atoms with Gasteiger partial charge >= 0.3 is 0 Å². The molecule has 1 heterocycles. The first-order valence-electron chi connectivity index (χ1n) is 17.3. The van der Waals surface area contributed by atoms with Crippen LogP contribution in [0.25, 0.3) is 0 Å². The molecule has 1 N–H and O–H groups in total. The van der Waals surface area contributed by atoms with Crippen LogP contribution in [0.5, 0.6) is 23.0 Å². The normalized spacial score (nSPS) is 19.9. The summed E-state index contributed by atoms with van der Waals surface area (Å²) in [4.78, 5) is 0. The van der Waals surface area contributed by atoms with Gasteiger partial charge < -0.3 is 43.0 Å². The van der Waals surface area contributed by atoms with Gasteiger partial charge in [0.1, 0.15) is 36.3 Å². The minimum absolute atomic E-state index is 0.109. The van der Waals surface area contributed by atoms with E-state index in [9.17, 15) is 5.11 Å². The minimum atomic E-state index is -0.916. The van der Waals surface area contributed by atoms with Crippen molar-refractivity contribution in [2.75, 3.05) is 27.9 Å². The summed E-state index contributed by atoms with van der Waals surface area (Å²) in [5, 5.41) is 11.7. The molecule has 5 aromatic rings. The summed E-state index contributed by atoms with van der Waals surface area (Å²) < 4.78 is 51.0. The maximum absolute atomic E-state index is 11.7. The number of aromatic hydroxyl groups is 1. The number of methoxy groups -OCH3 is 3. The lowest BCUT2D eigenvalue weighted by Gasteiger charge is -2.46. The Labute approximate surface area is 305 Å². The first-order chi connectivity index (χ1) is 25.6. The van der Waals surface area contributed by atoms with Crippen molar-refractivity contribution in [1.82, 2.24) is 0 Å². The second-order valence-electron chi connectivity index (χ2n) is 12.5. The van der Waals surface area contributed by atoms with E-state index in [1.165, 1.54) is 27.4 Å². The third-order valence-electron chi connectivity index (χ3n) is 9.01. The Kier molecular flexibility index (Phi) is 13.2. The molecule has 1 fully saturated rings. The van der Waals surface area contributed by atoms with E-state index in [1.807, 2.05) is 121 Å². The van der Waals surface area contributed by atoms with Crippen LogP contribution in [-0.4, -0.2) is 57.5 Å². The topological polar surface area (TPSA) is 94.1 Å². The highest BCUT2D eigenvalue weighted by atomic mass is 16.6. The van der Waals surface area contributed by atoms with Gasteiger partial charge in [0.2, 0.25) is 5.75 Å². The highest BCUT2D eigenvalue weighted by Gasteiger charge is 2.51. The lowest BCUT2D eigenvalue weighted by atomic mass is 9.89. The molecule has 0 aliphatic carbocycles. The fourth-order valence-electron chi connectivity index (χ4n) is 6.46. The monoisotopic (exact) mass is 706 g/mol. The molecule has 0 unspecified atom stereocenters. The highest BCUT2D eigenvalue weighted by molar-refractivity contribution is 5.62. The Balaban J connectivity index is 1.44. The van der Waals surface area contributed by atoms with Crippen molar-refractivity contribution in [2.24, 2.45) is 0 Å². The minimum Gasteiger partial charge on any atom is -0.507 e. The van der Waals surface area contributed by atoms with Gasteiger partial charge in [-0.3, -0.25) is 0 Å². The SMILES string of the molecule is COc1cc(O)c([C@@H]2O[C@H](COCc3ccccc3)[C@@H](OCc3ccccc3)[C@H](OCc3ccccc3)[C@H]2OCc2ccccc2)c(OC)c1OC. The van der Waals surface area contributed by atoms with Crippen LogP contribution in [0.1, 0.15) is 33.9 Å². The molecule has 0 amide bonds. The Morgan fingerprint density at radius 2 is 0.962 bits per heavy atom.